The lowest BCUT2D eigenvalue weighted by Crippen LogP contribution is -2.26. The largest absolute Gasteiger partial charge is 0.417 e. The van der Waals surface area contributed by atoms with Crippen molar-refractivity contribution < 1.29 is 22.6 Å². The lowest BCUT2D eigenvalue weighted by Gasteiger charge is -2.18. The highest BCUT2D eigenvalue weighted by atomic mass is 19.4. The van der Waals surface area contributed by atoms with Gasteiger partial charge in [-0.3, -0.25) is 5.43 Å². The average molecular weight is 298 g/mol. The summed E-state index contributed by atoms with van der Waals surface area (Å²) >= 11 is 0. The van der Waals surface area contributed by atoms with Gasteiger partial charge in [0.15, 0.2) is 0 Å². The Bertz CT molecular complexity index is 609. The Hall–Kier alpha value is -1.86. The van der Waals surface area contributed by atoms with Crippen LogP contribution in [0.4, 0.5) is 13.2 Å². The van der Waals surface area contributed by atoms with Crippen molar-refractivity contribution in [1.29, 1.82) is 0 Å². The van der Waals surface area contributed by atoms with E-state index in [1.807, 2.05) is 0 Å². The molecule has 21 heavy (non-hydrogen) atoms. The fraction of sp³-hybridized carbons (Fsp3) is 0.357. The van der Waals surface area contributed by atoms with Crippen molar-refractivity contribution in [2.75, 3.05) is 26.6 Å². The van der Waals surface area contributed by atoms with Crippen molar-refractivity contribution in [1.82, 2.24) is 5.43 Å². The molecule has 1 aromatic carbocycles. The number of nitrogens with one attached hydrogen (secondary N) is 1. The number of rotatable bonds is 2. The quantitative estimate of drug-likeness (QED) is 0.911. The molecular formula is C14H13F3N2O2. The molecule has 0 bridgehead atoms. The van der Waals surface area contributed by atoms with Gasteiger partial charge in [0.2, 0.25) is 0 Å². The number of hydrogen-bond acceptors (Lipinski definition) is 4. The van der Waals surface area contributed by atoms with Gasteiger partial charge in [-0.1, -0.05) is 18.2 Å². The van der Waals surface area contributed by atoms with E-state index in [1.54, 1.807) is 12.1 Å². The molecule has 0 fully saturated rings. The normalized spacial score (nSPS) is 19.0. The summed E-state index contributed by atoms with van der Waals surface area (Å²) in [5, 5.41) is 3.99. The molecule has 0 unspecified atom stereocenters. The number of ether oxygens (including phenoxy) is 2. The maximum Gasteiger partial charge on any atom is 0.417 e. The summed E-state index contributed by atoms with van der Waals surface area (Å²) in [6.07, 6.45) is -2.76. The summed E-state index contributed by atoms with van der Waals surface area (Å²) in [6.45, 7) is 1.00. The van der Waals surface area contributed by atoms with E-state index in [2.05, 4.69) is 10.5 Å². The molecule has 2 aliphatic rings. The standard InChI is InChI=1S/C14H13F3N2O2/c15-14(16,17)12-5-9(13-7-21-8-18-19-13)1-2-11(12)10-3-4-20-6-10/h1-3,5,18H,4,6-8H2. The van der Waals surface area contributed by atoms with Gasteiger partial charge < -0.3 is 9.47 Å². The van der Waals surface area contributed by atoms with Crippen molar-refractivity contribution >= 4 is 11.3 Å². The SMILES string of the molecule is FC(F)(F)c1cc(C2=NNCOC2)ccc1C1=CCOC1. The Morgan fingerprint density at radius 3 is 2.62 bits per heavy atom. The highest BCUT2D eigenvalue weighted by Gasteiger charge is 2.35. The van der Waals surface area contributed by atoms with E-state index in [0.29, 0.717) is 23.5 Å². The number of hydrazone groups is 1. The minimum atomic E-state index is -4.43. The van der Waals surface area contributed by atoms with Crippen molar-refractivity contribution in [2.45, 2.75) is 6.18 Å². The number of alkyl halides is 3. The number of halogens is 3. The van der Waals surface area contributed by atoms with Crippen LogP contribution in [0.2, 0.25) is 0 Å². The van der Waals surface area contributed by atoms with Crippen LogP contribution in [0.3, 0.4) is 0 Å². The third-order valence-electron chi connectivity index (χ3n) is 3.33. The van der Waals surface area contributed by atoms with Crippen LogP contribution < -0.4 is 5.43 Å². The highest BCUT2D eigenvalue weighted by molar-refractivity contribution is 6.02. The first kappa shape index (κ1) is 14.1. The molecule has 2 heterocycles. The third kappa shape index (κ3) is 2.93. The van der Waals surface area contributed by atoms with E-state index in [1.165, 1.54) is 6.07 Å². The molecule has 0 aliphatic carbocycles. The molecule has 4 nitrogen and oxygen atoms in total. The second-order valence-corrected chi connectivity index (χ2v) is 4.71. The van der Waals surface area contributed by atoms with E-state index in [4.69, 9.17) is 9.47 Å². The molecule has 1 N–H and O–H groups in total. The van der Waals surface area contributed by atoms with Gasteiger partial charge in [0.1, 0.15) is 6.73 Å². The van der Waals surface area contributed by atoms with E-state index >= 15 is 0 Å². The van der Waals surface area contributed by atoms with Crippen LogP contribution in [0.1, 0.15) is 16.7 Å². The molecule has 2 aliphatic heterocycles. The first-order valence-electron chi connectivity index (χ1n) is 6.41. The molecule has 0 atom stereocenters. The molecular weight excluding hydrogens is 285 g/mol. The van der Waals surface area contributed by atoms with Crippen molar-refractivity contribution in [3.05, 3.63) is 41.0 Å². The Kier molecular flexibility index (Phi) is 3.69. The van der Waals surface area contributed by atoms with Gasteiger partial charge in [0.25, 0.3) is 0 Å². The molecule has 0 amide bonds. The molecule has 0 saturated carbocycles. The second kappa shape index (κ2) is 5.50. The maximum atomic E-state index is 13.3. The molecule has 0 spiro atoms. The zero-order valence-corrected chi connectivity index (χ0v) is 11.0. The van der Waals surface area contributed by atoms with E-state index < -0.39 is 11.7 Å². The topological polar surface area (TPSA) is 42.9 Å². The van der Waals surface area contributed by atoms with Crippen molar-refractivity contribution in [2.24, 2.45) is 5.10 Å². The maximum absolute atomic E-state index is 13.3. The molecule has 0 aromatic heterocycles. The predicted molar refractivity (Wildman–Crippen MR) is 70.7 cm³/mol. The Morgan fingerprint density at radius 1 is 1.14 bits per heavy atom. The molecule has 1 aromatic rings. The van der Waals surface area contributed by atoms with E-state index in [0.717, 1.165) is 6.07 Å². The Labute approximate surface area is 119 Å². The lowest BCUT2D eigenvalue weighted by atomic mass is 9.96. The van der Waals surface area contributed by atoms with Crippen molar-refractivity contribution in [3.63, 3.8) is 0 Å². The monoisotopic (exact) mass is 298 g/mol. The van der Waals surface area contributed by atoms with Crippen LogP contribution in [0.15, 0.2) is 29.4 Å². The van der Waals surface area contributed by atoms with Crippen LogP contribution in [0.5, 0.6) is 0 Å². The second-order valence-electron chi connectivity index (χ2n) is 4.71. The van der Waals surface area contributed by atoms with Gasteiger partial charge >= 0.3 is 6.18 Å². The Morgan fingerprint density at radius 2 is 2.00 bits per heavy atom. The van der Waals surface area contributed by atoms with Crippen LogP contribution in [0, 0.1) is 0 Å². The summed E-state index contributed by atoms with van der Waals surface area (Å²) in [5.41, 5.74) is 3.52. The fourth-order valence-corrected chi connectivity index (χ4v) is 2.31. The first-order chi connectivity index (χ1) is 10.1. The smallest absolute Gasteiger partial charge is 0.373 e. The molecule has 0 saturated heterocycles. The van der Waals surface area contributed by atoms with Gasteiger partial charge in [0.05, 0.1) is 31.1 Å². The van der Waals surface area contributed by atoms with Crippen LogP contribution in [-0.4, -0.2) is 32.3 Å². The van der Waals surface area contributed by atoms with Gasteiger partial charge in [-0.2, -0.15) is 18.3 Å². The zero-order valence-electron chi connectivity index (χ0n) is 11.0. The number of hydrogen-bond donors (Lipinski definition) is 1. The molecule has 3 rings (SSSR count). The average Bonchev–Trinajstić information content (AvgIpc) is 3.01. The Balaban J connectivity index is 2.04. The minimum absolute atomic E-state index is 0.161. The first-order valence-corrected chi connectivity index (χ1v) is 6.41. The summed E-state index contributed by atoms with van der Waals surface area (Å²) in [4.78, 5) is 0. The summed E-state index contributed by atoms with van der Waals surface area (Å²) in [6, 6.07) is 4.21. The van der Waals surface area contributed by atoms with Gasteiger partial charge in [-0.15, -0.1) is 0 Å². The zero-order chi connectivity index (χ0) is 14.9. The molecule has 0 radical (unpaired) electrons. The van der Waals surface area contributed by atoms with Crippen LogP contribution in [-0.2, 0) is 15.7 Å². The van der Waals surface area contributed by atoms with Crippen LogP contribution in [0.25, 0.3) is 5.57 Å². The summed E-state index contributed by atoms with van der Waals surface area (Å²) in [7, 11) is 0. The van der Waals surface area contributed by atoms with E-state index in [9.17, 15) is 13.2 Å². The lowest BCUT2D eigenvalue weighted by molar-refractivity contribution is -0.137. The van der Waals surface area contributed by atoms with Crippen molar-refractivity contribution in [3.8, 4) is 0 Å². The van der Waals surface area contributed by atoms with Crippen LogP contribution >= 0.6 is 0 Å². The third-order valence-corrected chi connectivity index (χ3v) is 3.33. The molecule has 7 heteroatoms. The van der Waals surface area contributed by atoms with E-state index in [-0.39, 0.29) is 25.5 Å². The fourth-order valence-electron chi connectivity index (χ4n) is 2.31. The predicted octanol–water partition coefficient (Wildman–Crippen LogP) is 2.40. The van der Waals surface area contributed by atoms with Gasteiger partial charge in [-0.25, -0.2) is 0 Å². The van der Waals surface area contributed by atoms with Gasteiger partial charge in [0, 0.05) is 5.56 Å². The number of benzene rings is 1. The highest BCUT2D eigenvalue weighted by Crippen LogP contribution is 2.36. The minimum Gasteiger partial charge on any atom is -0.373 e. The number of nitrogens with zero attached hydrogens (tertiary/aromatic N) is 1. The van der Waals surface area contributed by atoms with Gasteiger partial charge in [-0.05, 0) is 17.2 Å². The summed E-state index contributed by atoms with van der Waals surface area (Å²) in [5.74, 6) is 0. The summed E-state index contributed by atoms with van der Waals surface area (Å²) < 4.78 is 50.1. The molecule has 112 valence electrons.